The first-order valence-electron chi connectivity index (χ1n) is 10.8. The number of amides is 2. The molecule has 2 aromatic rings. The Kier molecular flexibility index (Phi) is 8.17. The fraction of sp³-hybridized carbons (Fsp3) is 0.417. The van der Waals surface area contributed by atoms with E-state index >= 15 is 0 Å². The number of nitrogens with zero attached hydrogens (tertiary/aromatic N) is 4. The lowest BCUT2D eigenvalue weighted by Gasteiger charge is -2.37. The van der Waals surface area contributed by atoms with Crippen LogP contribution in [0.2, 0.25) is 0 Å². The second-order valence-electron chi connectivity index (χ2n) is 7.66. The number of hydrogen-bond donors (Lipinski definition) is 1. The van der Waals surface area contributed by atoms with Crippen LogP contribution in [0.15, 0.2) is 48.7 Å². The van der Waals surface area contributed by atoms with Crippen LogP contribution in [0.1, 0.15) is 42.2 Å². The van der Waals surface area contributed by atoms with Crippen LogP contribution in [0.3, 0.4) is 0 Å². The largest absolute Gasteiger partial charge is 0.450 e. The molecule has 2 amide bonds. The predicted molar refractivity (Wildman–Crippen MR) is 119 cm³/mol. The lowest BCUT2D eigenvalue weighted by molar-refractivity contribution is -0.133. The van der Waals surface area contributed by atoms with Crippen molar-refractivity contribution >= 4 is 12.0 Å². The number of rotatable bonds is 7. The summed E-state index contributed by atoms with van der Waals surface area (Å²) >= 11 is 0. The molecule has 1 N–H and O–H groups in total. The maximum Gasteiger partial charge on any atom is 0.407 e. The molecule has 3 rings (SSSR count). The molecule has 1 saturated heterocycles. The average Bonchev–Trinajstić information content (AvgIpc) is 2.81. The van der Waals surface area contributed by atoms with Gasteiger partial charge in [-0.2, -0.15) is 5.26 Å². The van der Waals surface area contributed by atoms with Crippen molar-refractivity contribution in [2.45, 2.75) is 32.4 Å². The second kappa shape index (κ2) is 11.3. The summed E-state index contributed by atoms with van der Waals surface area (Å²) in [6.45, 7) is 6.15. The Balaban J connectivity index is 1.62. The molecule has 0 spiro atoms. The standard InChI is InChI=1S/C24H29N5O3/c1-3-32-24(31)27-21(19-8-5-4-6-9-19)16-23(30)29-14-12-28(13-15-29)22(17-25)20-10-7-11-26-18(20)2/h4-11,21-22H,3,12-16H2,1-2H3,(H,27,31). The number of aromatic nitrogens is 1. The van der Waals surface area contributed by atoms with Crippen LogP contribution in [0.4, 0.5) is 4.79 Å². The molecule has 0 aliphatic carbocycles. The first-order valence-corrected chi connectivity index (χ1v) is 10.8. The Morgan fingerprint density at radius 3 is 2.50 bits per heavy atom. The van der Waals surface area contributed by atoms with Crippen LogP contribution < -0.4 is 5.32 Å². The van der Waals surface area contributed by atoms with Gasteiger partial charge in [-0.1, -0.05) is 36.4 Å². The first-order chi connectivity index (χ1) is 15.5. The van der Waals surface area contributed by atoms with Gasteiger partial charge < -0.3 is 15.0 Å². The molecule has 2 heterocycles. The van der Waals surface area contributed by atoms with Crippen molar-refractivity contribution in [1.29, 1.82) is 5.26 Å². The van der Waals surface area contributed by atoms with Gasteiger partial charge in [0.15, 0.2) is 0 Å². The number of aryl methyl sites for hydroxylation is 1. The summed E-state index contributed by atoms with van der Waals surface area (Å²) in [5.41, 5.74) is 2.59. The Morgan fingerprint density at radius 1 is 1.16 bits per heavy atom. The van der Waals surface area contributed by atoms with Gasteiger partial charge in [0.2, 0.25) is 5.91 Å². The number of pyridine rings is 1. The molecule has 0 saturated carbocycles. The summed E-state index contributed by atoms with van der Waals surface area (Å²) in [7, 11) is 0. The number of benzene rings is 1. The van der Waals surface area contributed by atoms with Gasteiger partial charge in [-0.25, -0.2) is 4.79 Å². The van der Waals surface area contributed by atoms with E-state index in [-0.39, 0.29) is 25.0 Å². The quantitative estimate of drug-likeness (QED) is 0.718. The number of ether oxygens (including phenoxy) is 1. The predicted octanol–water partition coefficient (Wildman–Crippen LogP) is 2.98. The van der Waals surface area contributed by atoms with E-state index in [1.807, 2.05) is 49.4 Å². The third-order valence-electron chi connectivity index (χ3n) is 5.64. The number of alkyl carbamates (subject to hydrolysis) is 1. The van der Waals surface area contributed by atoms with Crippen molar-refractivity contribution in [1.82, 2.24) is 20.1 Å². The van der Waals surface area contributed by atoms with Crippen LogP contribution in [0.25, 0.3) is 0 Å². The fourth-order valence-electron chi connectivity index (χ4n) is 3.92. The molecule has 1 aromatic heterocycles. The Bertz CT molecular complexity index is 952. The van der Waals surface area contributed by atoms with Crippen LogP contribution >= 0.6 is 0 Å². The van der Waals surface area contributed by atoms with Crippen LogP contribution in [-0.4, -0.2) is 59.6 Å². The van der Waals surface area contributed by atoms with Gasteiger partial charge >= 0.3 is 6.09 Å². The molecular formula is C24H29N5O3. The summed E-state index contributed by atoms with van der Waals surface area (Å²) in [5, 5.41) is 12.6. The molecule has 1 aromatic carbocycles. The number of carbonyl (C=O) groups excluding carboxylic acids is 2. The minimum Gasteiger partial charge on any atom is -0.450 e. The van der Waals surface area contributed by atoms with E-state index in [1.54, 1.807) is 18.0 Å². The maximum absolute atomic E-state index is 13.0. The molecule has 1 aliphatic heterocycles. The highest BCUT2D eigenvalue weighted by Gasteiger charge is 2.29. The smallest absolute Gasteiger partial charge is 0.407 e. The zero-order valence-corrected chi connectivity index (χ0v) is 18.5. The van der Waals surface area contributed by atoms with E-state index in [0.717, 1.165) is 16.8 Å². The molecule has 0 radical (unpaired) electrons. The number of hydrogen-bond acceptors (Lipinski definition) is 6. The van der Waals surface area contributed by atoms with E-state index in [4.69, 9.17) is 4.74 Å². The fourth-order valence-corrected chi connectivity index (χ4v) is 3.92. The Hall–Kier alpha value is -3.44. The topological polar surface area (TPSA) is 98.6 Å². The summed E-state index contributed by atoms with van der Waals surface area (Å²) < 4.78 is 5.01. The first kappa shape index (κ1) is 23.2. The molecular weight excluding hydrogens is 406 g/mol. The summed E-state index contributed by atoms with van der Waals surface area (Å²) in [6.07, 6.45) is 1.33. The molecule has 1 fully saturated rings. The zero-order chi connectivity index (χ0) is 22.9. The molecule has 2 atom stereocenters. The third kappa shape index (κ3) is 5.83. The van der Waals surface area contributed by atoms with E-state index in [9.17, 15) is 14.9 Å². The molecule has 32 heavy (non-hydrogen) atoms. The van der Waals surface area contributed by atoms with Crippen molar-refractivity contribution in [2.24, 2.45) is 0 Å². The van der Waals surface area contributed by atoms with Crippen LogP contribution in [0, 0.1) is 18.3 Å². The van der Waals surface area contributed by atoms with Gasteiger partial charge in [0.25, 0.3) is 0 Å². The molecule has 2 unspecified atom stereocenters. The second-order valence-corrected chi connectivity index (χ2v) is 7.66. The Labute approximate surface area is 188 Å². The monoisotopic (exact) mass is 435 g/mol. The minimum absolute atomic E-state index is 0.0404. The highest BCUT2D eigenvalue weighted by atomic mass is 16.5. The van der Waals surface area contributed by atoms with Crippen molar-refractivity contribution in [3.8, 4) is 6.07 Å². The zero-order valence-electron chi connectivity index (χ0n) is 18.5. The maximum atomic E-state index is 13.0. The highest BCUT2D eigenvalue weighted by Crippen LogP contribution is 2.24. The lowest BCUT2D eigenvalue weighted by Crippen LogP contribution is -2.50. The number of carbonyl (C=O) groups is 2. The lowest BCUT2D eigenvalue weighted by atomic mass is 10.0. The highest BCUT2D eigenvalue weighted by molar-refractivity contribution is 5.78. The normalized spacial score (nSPS) is 16.0. The van der Waals surface area contributed by atoms with E-state index < -0.39 is 12.1 Å². The SMILES string of the molecule is CCOC(=O)NC(CC(=O)N1CCN(C(C#N)c2cccnc2C)CC1)c1ccccc1. The number of nitriles is 1. The van der Waals surface area contributed by atoms with Crippen molar-refractivity contribution in [2.75, 3.05) is 32.8 Å². The summed E-state index contributed by atoms with van der Waals surface area (Å²) in [4.78, 5) is 33.2. The third-order valence-corrected chi connectivity index (χ3v) is 5.64. The van der Waals surface area contributed by atoms with Crippen molar-refractivity contribution < 1.29 is 14.3 Å². The molecule has 168 valence electrons. The van der Waals surface area contributed by atoms with Crippen molar-refractivity contribution in [3.63, 3.8) is 0 Å². The van der Waals surface area contributed by atoms with Gasteiger partial charge in [-0.05, 0) is 25.5 Å². The molecule has 8 nitrogen and oxygen atoms in total. The molecule has 8 heteroatoms. The summed E-state index contributed by atoms with van der Waals surface area (Å²) in [5.74, 6) is -0.0404. The van der Waals surface area contributed by atoms with Gasteiger partial charge in [0.05, 0.1) is 25.1 Å². The van der Waals surface area contributed by atoms with Gasteiger partial charge in [-0.15, -0.1) is 0 Å². The molecule has 1 aliphatic rings. The van der Waals surface area contributed by atoms with E-state index in [0.29, 0.717) is 26.2 Å². The van der Waals surface area contributed by atoms with Gasteiger partial charge in [0, 0.05) is 43.6 Å². The number of piperazine rings is 1. The van der Waals surface area contributed by atoms with Gasteiger partial charge in [-0.3, -0.25) is 14.7 Å². The Morgan fingerprint density at radius 2 is 1.88 bits per heavy atom. The average molecular weight is 436 g/mol. The van der Waals surface area contributed by atoms with Gasteiger partial charge in [0.1, 0.15) is 6.04 Å². The van der Waals surface area contributed by atoms with Crippen molar-refractivity contribution in [3.05, 3.63) is 65.5 Å². The van der Waals surface area contributed by atoms with E-state index in [1.165, 1.54) is 0 Å². The number of nitrogens with one attached hydrogen (secondary N) is 1. The van der Waals surface area contributed by atoms with Crippen LogP contribution in [-0.2, 0) is 9.53 Å². The molecule has 0 bridgehead atoms. The van der Waals surface area contributed by atoms with E-state index in [2.05, 4.69) is 21.3 Å². The van der Waals surface area contributed by atoms with Crippen LogP contribution in [0.5, 0.6) is 0 Å². The summed E-state index contributed by atoms with van der Waals surface area (Å²) in [6, 6.07) is 14.7. The minimum atomic E-state index is -0.539.